The Hall–Kier alpha value is -0.0800. The van der Waals surface area contributed by atoms with Gasteiger partial charge in [-0.1, -0.05) is 12.8 Å². The summed E-state index contributed by atoms with van der Waals surface area (Å²) in [5.74, 6) is 1.67. The van der Waals surface area contributed by atoms with Crippen molar-refractivity contribution in [2.45, 2.75) is 63.7 Å². The summed E-state index contributed by atoms with van der Waals surface area (Å²) in [5, 5.41) is 13.6. The average Bonchev–Trinajstić information content (AvgIpc) is 3.22. The van der Waals surface area contributed by atoms with E-state index in [4.69, 9.17) is 9.73 Å². The number of halogens is 1. The lowest BCUT2D eigenvalue weighted by Gasteiger charge is -2.57. The van der Waals surface area contributed by atoms with E-state index in [1.54, 1.807) is 0 Å². The molecule has 0 radical (unpaired) electrons. The number of aliphatic hydroxyl groups excluding tert-OH is 1. The molecule has 5 nitrogen and oxygen atoms in total. The molecule has 132 valence electrons. The third kappa shape index (κ3) is 2.88. The van der Waals surface area contributed by atoms with E-state index in [9.17, 15) is 5.11 Å². The number of aliphatic imine (C=N–C) groups is 1. The van der Waals surface area contributed by atoms with Gasteiger partial charge < -0.3 is 20.1 Å². The number of nitrogens with zero attached hydrogens (tertiary/aromatic N) is 2. The first-order chi connectivity index (χ1) is 10.7. The largest absolute Gasteiger partial charge is 0.391 e. The standard InChI is InChI=1S/C17H29N3O2.HI/c1-2-18-16(20-9-5-12(21)11-20)19-14-13-6-10-22-15(13)17(14)7-3-4-8-17;/h12-15,21H,2-11H2,1H3,(H,18,19);1H/t12-,13?,14?,15?;/m1./s1. The van der Waals surface area contributed by atoms with Gasteiger partial charge in [-0.3, -0.25) is 4.99 Å². The fraction of sp³-hybridized carbons (Fsp3) is 0.941. The van der Waals surface area contributed by atoms with Gasteiger partial charge in [0, 0.05) is 43.6 Å². The number of rotatable bonds is 2. The van der Waals surface area contributed by atoms with Crippen molar-refractivity contribution in [3.8, 4) is 0 Å². The van der Waals surface area contributed by atoms with Crippen molar-refractivity contribution in [2.24, 2.45) is 16.3 Å². The summed E-state index contributed by atoms with van der Waals surface area (Å²) in [4.78, 5) is 6.95. The van der Waals surface area contributed by atoms with Crippen molar-refractivity contribution < 1.29 is 9.84 Å². The van der Waals surface area contributed by atoms with E-state index in [0.29, 0.717) is 23.5 Å². The van der Waals surface area contributed by atoms with Gasteiger partial charge in [0.05, 0.1) is 12.2 Å². The second kappa shape index (κ2) is 7.04. The van der Waals surface area contributed by atoms with Gasteiger partial charge >= 0.3 is 0 Å². The summed E-state index contributed by atoms with van der Waals surface area (Å²) in [6.07, 6.45) is 7.61. The molecule has 2 N–H and O–H groups in total. The molecule has 2 heterocycles. The SMILES string of the molecule is CCN=C(NC1C2CCOC2C12CCCC2)N1CC[C@@H](O)C1.I. The summed E-state index contributed by atoms with van der Waals surface area (Å²) in [6, 6.07) is 0.519. The number of hydrogen-bond acceptors (Lipinski definition) is 3. The van der Waals surface area contributed by atoms with Gasteiger partial charge in [0.1, 0.15) is 0 Å². The summed E-state index contributed by atoms with van der Waals surface area (Å²) in [5.41, 5.74) is 0.355. The number of β-amino-alcohol motifs (C(OH)–C–C–N with tert-alkyl or cyclic N) is 1. The Balaban J connectivity index is 0.00000156. The smallest absolute Gasteiger partial charge is 0.194 e. The molecule has 4 rings (SSSR count). The molecule has 2 aliphatic heterocycles. The van der Waals surface area contributed by atoms with Crippen LogP contribution in [0, 0.1) is 11.3 Å². The van der Waals surface area contributed by atoms with E-state index in [1.165, 1.54) is 32.1 Å². The maximum Gasteiger partial charge on any atom is 0.194 e. The molecular weight excluding hydrogens is 405 g/mol. The Bertz CT molecular complexity index is 453. The van der Waals surface area contributed by atoms with Gasteiger partial charge in [-0.2, -0.15) is 0 Å². The van der Waals surface area contributed by atoms with Gasteiger partial charge in [0.2, 0.25) is 0 Å². The number of ether oxygens (including phenoxy) is 1. The Labute approximate surface area is 156 Å². The highest BCUT2D eigenvalue weighted by Crippen LogP contribution is 2.60. The van der Waals surface area contributed by atoms with Crippen LogP contribution < -0.4 is 5.32 Å². The first-order valence-corrected chi connectivity index (χ1v) is 9.10. The minimum absolute atomic E-state index is 0. The van der Waals surface area contributed by atoms with E-state index >= 15 is 0 Å². The Kier molecular flexibility index (Phi) is 5.43. The molecular formula is C17H30IN3O2. The van der Waals surface area contributed by atoms with E-state index in [-0.39, 0.29) is 30.1 Å². The predicted molar refractivity (Wildman–Crippen MR) is 101 cm³/mol. The fourth-order valence-electron chi connectivity index (χ4n) is 5.36. The quantitative estimate of drug-likeness (QED) is 0.396. The zero-order chi connectivity index (χ0) is 15.2. The van der Waals surface area contributed by atoms with Crippen LogP contribution >= 0.6 is 24.0 Å². The zero-order valence-corrected chi connectivity index (χ0v) is 16.4. The molecule has 6 heteroatoms. The van der Waals surface area contributed by atoms with Gasteiger partial charge in [-0.05, 0) is 32.6 Å². The van der Waals surface area contributed by atoms with Crippen LogP contribution in [0.15, 0.2) is 4.99 Å². The number of likely N-dealkylation sites (tertiary alicyclic amines) is 1. The minimum atomic E-state index is -0.201. The van der Waals surface area contributed by atoms with Gasteiger partial charge in [-0.15, -0.1) is 24.0 Å². The maximum atomic E-state index is 9.83. The number of guanidine groups is 1. The van der Waals surface area contributed by atoms with Crippen LogP contribution in [-0.4, -0.2) is 60.5 Å². The molecule has 2 saturated heterocycles. The summed E-state index contributed by atoms with van der Waals surface area (Å²) in [7, 11) is 0. The Morgan fingerprint density at radius 2 is 2.13 bits per heavy atom. The van der Waals surface area contributed by atoms with E-state index < -0.39 is 0 Å². The first kappa shape index (κ1) is 17.7. The van der Waals surface area contributed by atoms with Crippen molar-refractivity contribution in [1.29, 1.82) is 0 Å². The number of aliphatic hydroxyl groups is 1. The summed E-state index contributed by atoms with van der Waals surface area (Å²) >= 11 is 0. The first-order valence-electron chi connectivity index (χ1n) is 9.10. The van der Waals surface area contributed by atoms with E-state index in [1.807, 2.05) is 0 Å². The number of hydrogen-bond donors (Lipinski definition) is 2. The molecule has 0 aromatic rings. The van der Waals surface area contributed by atoms with E-state index in [0.717, 1.165) is 38.6 Å². The lowest BCUT2D eigenvalue weighted by molar-refractivity contribution is -0.125. The zero-order valence-electron chi connectivity index (χ0n) is 14.0. The van der Waals surface area contributed by atoms with Crippen molar-refractivity contribution in [1.82, 2.24) is 10.2 Å². The lowest BCUT2D eigenvalue weighted by Crippen LogP contribution is -2.69. The van der Waals surface area contributed by atoms with Crippen molar-refractivity contribution >= 4 is 29.9 Å². The van der Waals surface area contributed by atoms with Crippen LogP contribution in [0.5, 0.6) is 0 Å². The molecule has 0 amide bonds. The Morgan fingerprint density at radius 3 is 2.78 bits per heavy atom. The van der Waals surface area contributed by atoms with Crippen LogP contribution in [0.2, 0.25) is 0 Å². The molecule has 0 aromatic heterocycles. The molecule has 4 atom stereocenters. The highest BCUT2D eigenvalue weighted by molar-refractivity contribution is 14.0. The third-order valence-electron chi connectivity index (χ3n) is 6.34. The Morgan fingerprint density at radius 1 is 1.35 bits per heavy atom. The van der Waals surface area contributed by atoms with Crippen molar-refractivity contribution in [2.75, 3.05) is 26.2 Å². The molecule has 4 aliphatic rings. The normalized spacial score (nSPS) is 38.3. The fourth-order valence-corrected chi connectivity index (χ4v) is 5.36. The molecule has 4 fully saturated rings. The molecule has 1 spiro atoms. The molecule has 23 heavy (non-hydrogen) atoms. The summed E-state index contributed by atoms with van der Waals surface area (Å²) in [6.45, 7) is 5.44. The van der Waals surface area contributed by atoms with Crippen LogP contribution in [0.3, 0.4) is 0 Å². The van der Waals surface area contributed by atoms with Gasteiger partial charge in [-0.25, -0.2) is 0 Å². The average molecular weight is 435 g/mol. The number of nitrogens with one attached hydrogen (secondary N) is 1. The van der Waals surface area contributed by atoms with Crippen LogP contribution in [-0.2, 0) is 4.74 Å². The predicted octanol–water partition coefficient (Wildman–Crippen LogP) is 1.98. The highest BCUT2D eigenvalue weighted by atomic mass is 127. The van der Waals surface area contributed by atoms with Gasteiger partial charge in [0.25, 0.3) is 0 Å². The third-order valence-corrected chi connectivity index (χ3v) is 6.34. The highest BCUT2D eigenvalue weighted by Gasteiger charge is 2.65. The molecule has 3 unspecified atom stereocenters. The second-order valence-electron chi connectivity index (χ2n) is 7.49. The molecule has 0 aromatic carbocycles. The second-order valence-corrected chi connectivity index (χ2v) is 7.49. The lowest BCUT2D eigenvalue weighted by atomic mass is 9.54. The molecule has 0 bridgehead atoms. The molecule has 2 aliphatic carbocycles. The van der Waals surface area contributed by atoms with Crippen molar-refractivity contribution in [3.63, 3.8) is 0 Å². The minimum Gasteiger partial charge on any atom is -0.391 e. The van der Waals surface area contributed by atoms with Crippen LogP contribution in [0.1, 0.15) is 45.4 Å². The monoisotopic (exact) mass is 435 g/mol. The number of fused-ring (bicyclic) bond motifs is 2. The summed E-state index contributed by atoms with van der Waals surface area (Å²) < 4.78 is 6.07. The van der Waals surface area contributed by atoms with E-state index in [2.05, 4.69) is 17.1 Å². The topological polar surface area (TPSA) is 57.1 Å². The van der Waals surface area contributed by atoms with Crippen molar-refractivity contribution in [3.05, 3.63) is 0 Å². The maximum absolute atomic E-state index is 9.83. The van der Waals surface area contributed by atoms with Crippen LogP contribution in [0.4, 0.5) is 0 Å². The molecule has 2 saturated carbocycles. The van der Waals surface area contributed by atoms with Gasteiger partial charge in [0.15, 0.2) is 5.96 Å². The van der Waals surface area contributed by atoms with Crippen LogP contribution in [0.25, 0.3) is 0 Å².